The van der Waals surface area contributed by atoms with Crippen LogP contribution in [0.15, 0.2) is 22.7 Å². The molecule has 2 rings (SSSR count). The Morgan fingerprint density at radius 3 is 3.08 bits per heavy atom. The standard InChI is InChI=1S/C8H8BrN3O/c9-5-1-2-7-6(3-5)11-8(13)4-12(7)10/h1-3H,4,10H2,(H,11,13). The van der Waals surface area contributed by atoms with E-state index in [-0.39, 0.29) is 12.5 Å². The smallest absolute Gasteiger partial charge is 0.245 e. The van der Waals surface area contributed by atoms with Crippen LogP contribution < -0.4 is 16.2 Å². The molecule has 1 amide bonds. The number of carbonyl (C=O) groups excluding carboxylic acids is 1. The lowest BCUT2D eigenvalue weighted by atomic mass is 10.2. The van der Waals surface area contributed by atoms with Crippen molar-refractivity contribution in [1.29, 1.82) is 0 Å². The van der Waals surface area contributed by atoms with Gasteiger partial charge in [-0.3, -0.25) is 9.80 Å². The predicted octanol–water partition coefficient (Wildman–Crippen LogP) is 1.08. The van der Waals surface area contributed by atoms with Gasteiger partial charge in [0.05, 0.1) is 11.4 Å². The summed E-state index contributed by atoms with van der Waals surface area (Å²) in [5, 5.41) is 4.17. The lowest BCUT2D eigenvalue weighted by Crippen LogP contribution is -2.42. The average Bonchev–Trinajstić information content (AvgIpc) is 2.02. The van der Waals surface area contributed by atoms with Crippen molar-refractivity contribution in [3.8, 4) is 0 Å². The fraction of sp³-hybridized carbons (Fsp3) is 0.125. The van der Waals surface area contributed by atoms with Gasteiger partial charge in [0.1, 0.15) is 6.54 Å². The van der Waals surface area contributed by atoms with Crippen LogP contribution in [0.3, 0.4) is 0 Å². The zero-order chi connectivity index (χ0) is 9.42. The summed E-state index contributed by atoms with van der Waals surface area (Å²) in [5.41, 5.74) is 1.58. The monoisotopic (exact) mass is 241 g/mol. The molecule has 0 fully saturated rings. The van der Waals surface area contributed by atoms with E-state index in [1.165, 1.54) is 5.01 Å². The quantitative estimate of drug-likeness (QED) is 0.669. The van der Waals surface area contributed by atoms with Crippen LogP contribution in [0.4, 0.5) is 11.4 Å². The number of nitrogens with zero attached hydrogens (tertiary/aromatic N) is 1. The van der Waals surface area contributed by atoms with Crippen LogP contribution in [0.5, 0.6) is 0 Å². The number of halogens is 1. The number of benzene rings is 1. The van der Waals surface area contributed by atoms with Crippen molar-refractivity contribution in [3.05, 3.63) is 22.7 Å². The highest BCUT2D eigenvalue weighted by Gasteiger charge is 2.19. The largest absolute Gasteiger partial charge is 0.323 e. The number of amides is 1. The summed E-state index contributed by atoms with van der Waals surface area (Å²) in [4.78, 5) is 11.1. The normalized spacial score (nSPS) is 15.2. The first-order valence-corrected chi connectivity index (χ1v) is 4.58. The second-order valence-electron chi connectivity index (χ2n) is 2.84. The number of anilines is 2. The SMILES string of the molecule is NN1CC(=O)Nc2cc(Br)ccc21. The lowest BCUT2D eigenvalue weighted by Gasteiger charge is -2.26. The van der Waals surface area contributed by atoms with E-state index in [2.05, 4.69) is 21.2 Å². The molecule has 0 atom stereocenters. The molecule has 4 nitrogen and oxygen atoms in total. The van der Waals surface area contributed by atoms with Crippen LogP contribution in [0, 0.1) is 0 Å². The van der Waals surface area contributed by atoms with Crippen LogP contribution >= 0.6 is 15.9 Å². The van der Waals surface area contributed by atoms with Crippen molar-refractivity contribution < 1.29 is 4.79 Å². The van der Waals surface area contributed by atoms with Crippen LogP contribution in [0.25, 0.3) is 0 Å². The summed E-state index contributed by atoms with van der Waals surface area (Å²) in [6, 6.07) is 5.57. The minimum Gasteiger partial charge on any atom is -0.323 e. The van der Waals surface area contributed by atoms with Crippen LogP contribution in [-0.4, -0.2) is 12.5 Å². The summed E-state index contributed by atoms with van der Waals surface area (Å²) in [6.07, 6.45) is 0. The van der Waals surface area contributed by atoms with E-state index in [9.17, 15) is 4.79 Å². The zero-order valence-corrected chi connectivity index (χ0v) is 8.34. The van der Waals surface area contributed by atoms with E-state index in [4.69, 9.17) is 5.84 Å². The fourth-order valence-corrected chi connectivity index (χ4v) is 1.65. The number of carbonyl (C=O) groups is 1. The molecule has 1 aromatic carbocycles. The second-order valence-corrected chi connectivity index (χ2v) is 3.75. The van der Waals surface area contributed by atoms with Crippen molar-refractivity contribution >= 4 is 33.2 Å². The van der Waals surface area contributed by atoms with E-state index in [1.807, 2.05) is 18.2 Å². The number of hydrogen-bond donors (Lipinski definition) is 2. The maximum atomic E-state index is 11.1. The molecule has 0 unspecified atom stereocenters. The molecule has 1 heterocycles. The number of nitrogens with two attached hydrogens (primary N) is 1. The van der Waals surface area contributed by atoms with E-state index < -0.39 is 0 Å². The number of hydrogen-bond acceptors (Lipinski definition) is 3. The Kier molecular flexibility index (Phi) is 1.97. The van der Waals surface area contributed by atoms with Crippen molar-refractivity contribution in [1.82, 2.24) is 0 Å². The van der Waals surface area contributed by atoms with Crippen molar-refractivity contribution in [2.24, 2.45) is 5.84 Å². The van der Waals surface area contributed by atoms with E-state index in [0.717, 1.165) is 15.8 Å². The molecular weight excluding hydrogens is 234 g/mol. The molecule has 5 heteroatoms. The fourth-order valence-electron chi connectivity index (χ4n) is 1.29. The van der Waals surface area contributed by atoms with Crippen molar-refractivity contribution in [3.63, 3.8) is 0 Å². The van der Waals surface area contributed by atoms with E-state index in [1.54, 1.807) is 0 Å². The third kappa shape index (κ3) is 1.52. The highest BCUT2D eigenvalue weighted by Crippen LogP contribution is 2.29. The molecule has 0 saturated carbocycles. The van der Waals surface area contributed by atoms with Gasteiger partial charge in [-0.05, 0) is 18.2 Å². The Bertz CT molecular complexity index is 366. The van der Waals surface area contributed by atoms with Crippen LogP contribution in [0.1, 0.15) is 0 Å². The van der Waals surface area contributed by atoms with Gasteiger partial charge in [0.2, 0.25) is 5.91 Å². The average molecular weight is 242 g/mol. The Morgan fingerprint density at radius 1 is 1.54 bits per heavy atom. The summed E-state index contributed by atoms with van der Waals surface area (Å²) < 4.78 is 0.918. The Balaban J connectivity index is 2.49. The first-order valence-electron chi connectivity index (χ1n) is 3.78. The number of nitrogens with one attached hydrogen (secondary N) is 1. The Morgan fingerprint density at radius 2 is 2.31 bits per heavy atom. The molecule has 1 aliphatic heterocycles. The summed E-state index contributed by atoms with van der Waals surface area (Å²) in [5.74, 6) is 5.55. The van der Waals surface area contributed by atoms with Gasteiger partial charge in [0.15, 0.2) is 0 Å². The van der Waals surface area contributed by atoms with Crippen molar-refractivity contribution in [2.75, 3.05) is 16.9 Å². The first-order chi connectivity index (χ1) is 6.16. The van der Waals surface area contributed by atoms with Gasteiger partial charge in [0.25, 0.3) is 0 Å². The first kappa shape index (κ1) is 8.52. The van der Waals surface area contributed by atoms with Crippen molar-refractivity contribution in [2.45, 2.75) is 0 Å². The van der Waals surface area contributed by atoms with Gasteiger partial charge >= 0.3 is 0 Å². The maximum absolute atomic E-state index is 11.1. The summed E-state index contributed by atoms with van der Waals surface area (Å²) in [7, 11) is 0. The van der Waals surface area contributed by atoms with Gasteiger partial charge in [-0.15, -0.1) is 0 Å². The molecule has 68 valence electrons. The highest BCUT2D eigenvalue weighted by molar-refractivity contribution is 9.10. The maximum Gasteiger partial charge on any atom is 0.245 e. The van der Waals surface area contributed by atoms with Gasteiger partial charge in [-0.2, -0.15) is 0 Å². The molecule has 0 spiro atoms. The molecule has 1 aliphatic rings. The molecule has 3 N–H and O–H groups in total. The van der Waals surface area contributed by atoms with Gasteiger partial charge in [0, 0.05) is 4.47 Å². The number of fused-ring (bicyclic) bond motifs is 1. The molecule has 0 bridgehead atoms. The highest BCUT2D eigenvalue weighted by atomic mass is 79.9. The van der Waals surface area contributed by atoms with Gasteiger partial charge in [-0.25, -0.2) is 5.84 Å². The summed E-state index contributed by atoms with van der Waals surface area (Å²) in [6.45, 7) is 0.203. The van der Waals surface area contributed by atoms with Crippen LogP contribution in [-0.2, 0) is 4.79 Å². The van der Waals surface area contributed by atoms with E-state index in [0.29, 0.717) is 0 Å². The minimum absolute atomic E-state index is 0.0897. The topological polar surface area (TPSA) is 58.4 Å². The van der Waals surface area contributed by atoms with E-state index >= 15 is 0 Å². The molecule has 0 saturated heterocycles. The Labute approximate surface area is 83.8 Å². The predicted molar refractivity (Wildman–Crippen MR) is 54.3 cm³/mol. The van der Waals surface area contributed by atoms with Gasteiger partial charge < -0.3 is 5.32 Å². The third-order valence-corrected chi connectivity index (χ3v) is 2.35. The molecule has 13 heavy (non-hydrogen) atoms. The van der Waals surface area contributed by atoms with Crippen LogP contribution in [0.2, 0.25) is 0 Å². The number of rotatable bonds is 0. The Hall–Kier alpha value is -1.07. The third-order valence-electron chi connectivity index (χ3n) is 1.86. The minimum atomic E-state index is -0.0897. The zero-order valence-electron chi connectivity index (χ0n) is 6.75. The molecule has 0 radical (unpaired) electrons. The molecule has 1 aromatic rings. The molecule has 0 aromatic heterocycles. The lowest BCUT2D eigenvalue weighted by molar-refractivity contribution is -0.115. The number of hydrazine groups is 1. The molecule has 0 aliphatic carbocycles. The molecular formula is C8H8BrN3O. The second kappa shape index (κ2) is 3.01. The summed E-state index contributed by atoms with van der Waals surface area (Å²) >= 11 is 3.32. The van der Waals surface area contributed by atoms with Gasteiger partial charge in [-0.1, -0.05) is 15.9 Å².